The molecule has 3 nitrogen and oxygen atoms in total. The fourth-order valence-electron chi connectivity index (χ4n) is 3.01. The van der Waals surface area contributed by atoms with Gasteiger partial charge in [-0.25, -0.2) is 4.98 Å². The van der Waals surface area contributed by atoms with E-state index in [9.17, 15) is 0 Å². The zero-order valence-corrected chi connectivity index (χ0v) is 12.7. The Hall–Kier alpha value is -1.09. The van der Waals surface area contributed by atoms with Crippen LogP contribution in [0.2, 0.25) is 0 Å². The van der Waals surface area contributed by atoms with Crippen molar-refractivity contribution in [3.05, 3.63) is 23.4 Å². The Kier molecular flexibility index (Phi) is 4.81. The molecule has 2 atom stereocenters. The third-order valence-electron chi connectivity index (χ3n) is 4.10. The molecular formula is C16H27N3. The summed E-state index contributed by atoms with van der Waals surface area (Å²) in [6.07, 6.45) is 4.58. The second-order valence-corrected chi connectivity index (χ2v) is 5.94. The summed E-state index contributed by atoms with van der Waals surface area (Å²) in [5, 5.41) is 3.35. The summed E-state index contributed by atoms with van der Waals surface area (Å²) in [4.78, 5) is 7.19. The highest BCUT2D eigenvalue weighted by Gasteiger charge is 2.24. The molecule has 0 radical (unpaired) electrons. The van der Waals surface area contributed by atoms with E-state index in [1.54, 1.807) is 0 Å². The number of hydrogen-bond donors (Lipinski definition) is 1. The lowest BCUT2D eigenvalue weighted by molar-refractivity contribution is 0.375. The van der Waals surface area contributed by atoms with Crippen LogP contribution in [0.5, 0.6) is 0 Å². The number of hydrogen-bond acceptors (Lipinski definition) is 3. The van der Waals surface area contributed by atoms with E-state index < -0.39 is 0 Å². The molecule has 1 aromatic heterocycles. The molecular weight excluding hydrogens is 234 g/mol. The first-order valence-corrected chi connectivity index (χ1v) is 7.54. The van der Waals surface area contributed by atoms with E-state index in [1.165, 1.54) is 29.8 Å². The molecule has 1 saturated heterocycles. The Bertz CT molecular complexity index is 416. The minimum atomic E-state index is 0.606. The largest absolute Gasteiger partial charge is 0.354 e. The van der Waals surface area contributed by atoms with Crippen molar-refractivity contribution in [2.45, 2.75) is 53.1 Å². The molecule has 1 aliphatic rings. The number of aryl methyl sites for hydroxylation is 1. The van der Waals surface area contributed by atoms with Crippen LogP contribution in [0, 0.1) is 12.8 Å². The van der Waals surface area contributed by atoms with Gasteiger partial charge in [-0.15, -0.1) is 0 Å². The van der Waals surface area contributed by atoms with E-state index >= 15 is 0 Å². The summed E-state index contributed by atoms with van der Waals surface area (Å²) in [6, 6.07) is 2.88. The summed E-state index contributed by atoms with van der Waals surface area (Å²) < 4.78 is 0. The first-order chi connectivity index (χ1) is 9.11. The standard InChI is InChI=1S/C16H27N3/c1-5-17-10-15-9-13(3)16(18-11-15)19-7-6-12(2)8-14(19)4/h9,11-12,14,17H,5-8,10H2,1-4H3. The number of rotatable bonds is 4. The summed E-state index contributed by atoms with van der Waals surface area (Å²) in [5.41, 5.74) is 2.58. The minimum Gasteiger partial charge on any atom is -0.354 e. The number of anilines is 1. The fraction of sp³-hybridized carbons (Fsp3) is 0.688. The molecule has 2 rings (SSSR count). The molecule has 1 aromatic rings. The molecule has 0 amide bonds. The van der Waals surface area contributed by atoms with E-state index in [-0.39, 0.29) is 0 Å². The van der Waals surface area contributed by atoms with Gasteiger partial charge in [0.05, 0.1) is 0 Å². The normalized spacial score (nSPS) is 23.7. The van der Waals surface area contributed by atoms with Crippen molar-refractivity contribution in [1.82, 2.24) is 10.3 Å². The molecule has 106 valence electrons. The van der Waals surface area contributed by atoms with Gasteiger partial charge in [0.15, 0.2) is 0 Å². The molecule has 2 unspecified atom stereocenters. The summed E-state index contributed by atoms with van der Waals surface area (Å²) >= 11 is 0. The Morgan fingerprint density at radius 1 is 1.42 bits per heavy atom. The number of aromatic nitrogens is 1. The van der Waals surface area contributed by atoms with E-state index in [0.717, 1.165) is 25.6 Å². The molecule has 0 spiro atoms. The van der Waals surface area contributed by atoms with Crippen LogP contribution in [0.25, 0.3) is 0 Å². The number of pyridine rings is 1. The first kappa shape index (κ1) is 14.3. The average molecular weight is 261 g/mol. The molecule has 3 heteroatoms. The third kappa shape index (κ3) is 3.47. The molecule has 0 bridgehead atoms. The van der Waals surface area contributed by atoms with Crippen LogP contribution in [0.15, 0.2) is 12.3 Å². The van der Waals surface area contributed by atoms with Gasteiger partial charge in [0.2, 0.25) is 0 Å². The maximum Gasteiger partial charge on any atom is 0.131 e. The van der Waals surface area contributed by atoms with E-state index in [1.807, 2.05) is 6.20 Å². The van der Waals surface area contributed by atoms with Gasteiger partial charge >= 0.3 is 0 Å². The number of piperidine rings is 1. The molecule has 0 aliphatic carbocycles. The predicted molar refractivity (Wildman–Crippen MR) is 81.6 cm³/mol. The maximum absolute atomic E-state index is 4.72. The van der Waals surface area contributed by atoms with E-state index in [0.29, 0.717) is 6.04 Å². The van der Waals surface area contributed by atoms with E-state index in [4.69, 9.17) is 4.98 Å². The fourth-order valence-corrected chi connectivity index (χ4v) is 3.01. The Morgan fingerprint density at radius 3 is 2.84 bits per heavy atom. The Morgan fingerprint density at radius 2 is 2.21 bits per heavy atom. The predicted octanol–water partition coefficient (Wildman–Crippen LogP) is 3.12. The maximum atomic E-state index is 4.72. The van der Waals surface area contributed by atoms with Crippen LogP contribution in [-0.2, 0) is 6.54 Å². The van der Waals surface area contributed by atoms with Gasteiger partial charge in [0.1, 0.15) is 5.82 Å². The second kappa shape index (κ2) is 6.38. The Balaban J connectivity index is 2.12. The minimum absolute atomic E-state index is 0.606. The molecule has 19 heavy (non-hydrogen) atoms. The van der Waals surface area contributed by atoms with Crippen molar-refractivity contribution in [3.63, 3.8) is 0 Å². The van der Waals surface area contributed by atoms with Crippen molar-refractivity contribution in [2.75, 3.05) is 18.0 Å². The molecule has 1 fully saturated rings. The van der Waals surface area contributed by atoms with Crippen LogP contribution in [-0.4, -0.2) is 24.1 Å². The van der Waals surface area contributed by atoms with Gasteiger partial charge in [-0.3, -0.25) is 0 Å². The van der Waals surface area contributed by atoms with Gasteiger partial charge in [-0.2, -0.15) is 0 Å². The molecule has 1 aliphatic heterocycles. The first-order valence-electron chi connectivity index (χ1n) is 7.54. The topological polar surface area (TPSA) is 28.2 Å². The molecule has 0 saturated carbocycles. The highest BCUT2D eigenvalue weighted by Crippen LogP contribution is 2.28. The zero-order valence-electron chi connectivity index (χ0n) is 12.7. The second-order valence-electron chi connectivity index (χ2n) is 5.94. The van der Waals surface area contributed by atoms with Gasteiger partial charge in [0.25, 0.3) is 0 Å². The van der Waals surface area contributed by atoms with Crippen molar-refractivity contribution >= 4 is 5.82 Å². The van der Waals surface area contributed by atoms with Gasteiger partial charge < -0.3 is 10.2 Å². The van der Waals surface area contributed by atoms with Crippen molar-refractivity contribution < 1.29 is 0 Å². The zero-order chi connectivity index (χ0) is 13.8. The SMILES string of the molecule is CCNCc1cnc(N2CCC(C)CC2C)c(C)c1. The monoisotopic (exact) mass is 261 g/mol. The molecule has 2 heterocycles. The van der Waals surface area contributed by atoms with Gasteiger partial charge in [-0.1, -0.05) is 13.8 Å². The van der Waals surface area contributed by atoms with Crippen LogP contribution in [0.3, 0.4) is 0 Å². The van der Waals surface area contributed by atoms with Crippen molar-refractivity contribution in [3.8, 4) is 0 Å². The van der Waals surface area contributed by atoms with Crippen molar-refractivity contribution in [2.24, 2.45) is 5.92 Å². The smallest absolute Gasteiger partial charge is 0.131 e. The van der Waals surface area contributed by atoms with Gasteiger partial charge in [0, 0.05) is 25.3 Å². The lowest BCUT2D eigenvalue weighted by atomic mass is 9.93. The van der Waals surface area contributed by atoms with Crippen molar-refractivity contribution in [1.29, 1.82) is 0 Å². The van der Waals surface area contributed by atoms with Crippen LogP contribution < -0.4 is 10.2 Å². The number of nitrogens with one attached hydrogen (secondary N) is 1. The van der Waals surface area contributed by atoms with Crippen LogP contribution in [0.1, 0.15) is 44.7 Å². The van der Waals surface area contributed by atoms with Crippen LogP contribution >= 0.6 is 0 Å². The molecule has 1 N–H and O–H groups in total. The Labute approximate surface area is 117 Å². The lowest BCUT2D eigenvalue weighted by Gasteiger charge is -2.38. The highest BCUT2D eigenvalue weighted by molar-refractivity contribution is 5.48. The lowest BCUT2D eigenvalue weighted by Crippen LogP contribution is -2.41. The highest BCUT2D eigenvalue weighted by atomic mass is 15.2. The summed E-state index contributed by atoms with van der Waals surface area (Å²) in [5.74, 6) is 2.03. The van der Waals surface area contributed by atoms with Gasteiger partial charge in [-0.05, 0) is 56.3 Å². The third-order valence-corrected chi connectivity index (χ3v) is 4.10. The van der Waals surface area contributed by atoms with E-state index in [2.05, 4.69) is 44.0 Å². The summed E-state index contributed by atoms with van der Waals surface area (Å²) in [7, 11) is 0. The number of nitrogens with zero attached hydrogens (tertiary/aromatic N) is 2. The average Bonchev–Trinajstić information content (AvgIpc) is 2.37. The quantitative estimate of drug-likeness (QED) is 0.902. The molecule has 0 aromatic carbocycles. The van der Waals surface area contributed by atoms with Crippen LogP contribution in [0.4, 0.5) is 5.82 Å². The summed E-state index contributed by atoms with van der Waals surface area (Å²) in [6.45, 7) is 12.0.